The van der Waals surface area contributed by atoms with E-state index in [0.717, 1.165) is 6.54 Å². The van der Waals surface area contributed by atoms with Crippen LogP contribution in [0.25, 0.3) is 0 Å². The molecule has 1 aromatic heterocycles. The SMILES string of the molecule is Cc1nc(C(=O)N2CC(C)NCC2C)n[nH]1. The van der Waals surface area contributed by atoms with Crippen molar-refractivity contribution in [1.82, 2.24) is 25.4 Å². The second-order valence-corrected chi connectivity index (χ2v) is 4.36. The van der Waals surface area contributed by atoms with Crippen molar-refractivity contribution in [3.8, 4) is 0 Å². The van der Waals surface area contributed by atoms with Gasteiger partial charge in [-0.15, -0.1) is 5.10 Å². The van der Waals surface area contributed by atoms with Gasteiger partial charge in [0.15, 0.2) is 0 Å². The highest BCUT2D eigenvalue weighted by molar-refractivity contribution is 5.90. The molecule has 0 spiro atoms. The van der Waals surface area contributed by atoms with Crippen LogP contribution in [0.3, 0.4) is 0 Å². The number of amides is 1. The van der Waals surface area contributed by atoms with E-state index < -0.39 is 0 Å². The number of H-pyrrole nitrogens is 1. The number of aryl methyl sites for hydroxylation is 1. The summed E-state index contributed by atoms with van der Waals surface area (Å²) >= 11 is 0. The summed E-state index contributed by atoms with van der Waals surface area (Å²) in [5.74, 6) is 0.836. The van der Waals surface area contributed by atoms with E-state index in [9.17, 15) is 4.79 Å². The van der Waals surface area contributed by atoms with Crippen LogP contribution >= 0.6 is 0 Å². The van der Waals surface area contributed by atoms with Gasteiger partial charge in [-0.3, -0.25) is 9.89 Å². The molecule has 2 heterocycles. The fraction of sp³-hybridized carbons (Fsp3) is 0.700. The van der Waals surface area contributed by atoms with Crippen LogP contribution in [0.15, 0.2) is 0 Å². The van der Waals surface area contributed by atoms with Crippen LogP contribution in [0, 0.1) is 6.92 Å². The predicted molar refractivity (Wildman–Crippen MR) is 59.1 cm³/mol. The number of carbonyl (C=O) groups is 1. The number of nitrogens with one attached hydrogen (secondary N) is 2. The van der Waals surface area contributed by atoms with Crippen molar-refractivity contribution < 1.29 is 4.79 Å². The average Bonchev–Trinajstić information content (AvgIpc) is 2.67. The third-order valence-electron chi connectivity index (χ3n) is 2.81. The molecule has 16 heavy (non-hydrogen) atoms. The molecule has 1 aromatic rings. The number of aromatic nitrogens is 3. The van der Waals surface area contributed by atoms with Gasteiger partial charge in [-0.1, -0.05) is 0 Å². The molecule has 2 N–H and O–H groups in total. The molecule has 0 aromatic carbocycles. The van der Waals surface area contributed by atoms with Gasteiger partial charge in [0.2, 0.25) is 5.82 Å². The molecule has 0 saturated carbocycles. The summed E-state index contributed by atoms with van der Waals surface area (Å²) < 4.78 is 0. The highest BCUT2D eigenvalue weighted by Crippen LogP contribution is 2.10. The highest BCUT2D eigenvalue weighted by Gasteiger charge is 2.29. The summed E-state index contributed by atoms with van der Waals surface area (Å²) in [6, 6.07) is 0.502. The zero-order valence-corrected chi connectivity index (χ0v) is 9.82. The Labute approximate surface area is 94.4 Å². The first kappa shape index (κ1) is 11.1. The van der Waals surface area contributed by atoms with Crippen LogP contribution in [0.2, 0.25) is 0 Å². The van der Waals surface area contributed by atoms with E-state index in [1.807, 2.05) is 11.8 Å². The van der Waals surface area contributed by atoms with E-state index in [1.54, 1.807) is 6.92 Å². The first-order valence-electron chi connectivity index (χ1n) is 5.51. The minimum absolute atomic E-state index is 0.0924. The maximum Gasteiger partial charge on any atom is 0.293 e. The van der Waals surface area contributed by atoms with Crippen LogP contribution < -0.4 is 5.32 Å². The van der Waals surface area contributed by atoms with Gasteiger partial charge < -0.3 is 10.2 Å². The number of hydrogen-bond donors (Lipinski definition) is 2. The second kappa shape index (κ2) is 4.21. The Balaban J connectivity index is 2.14. The van der Waals surface area contributed by atoms with Gasteiger partial charge in [-0.25, -0.2) is 4.98 Å². The molecule has 0 bridgehead atoms. The zero-order chi connectivity index (χ0) is 11.7. The summed E-state index contributed by atoms with van der Waals surface area (Å²) in [5, 5.41) is 9.92. The Bertz CT molecular complexity index is 388. The van der Waals surface area contributed by atoms with Crippen LogP contribution in [-0.2, 0) is 0 Å². The van der Waals surface area contributed by atoms with Crippen molar-refractivity contribution in [3.05, 3.63) is 11.6 Å². The van der Waals surface area contributed by atoms with Gasteiger partial charge in [-0.05, 0) is 20.8 Å². The van der Waals surface area contributed by atoms with Gasteiger partial charge in [-0.2, -0.15) is 0 Å². The lowest BCUT2D eigenvalue weighted by atomic mass is 10.1. The van der Waals surface area contributed by atoms with Crippen LogP contribution in [0.1, 0.15) is 30.3 Å². The lowest BCUT2D eigenvalue weighted by Gasteiger charge is -2.36. The predicted octanol–water partition coefficient (Wildman–Crippen LogP) is -0.0645. The van der Waals surface area contributed by atoms with Crippen LogP contribution in [0.4, 0.5) is 0 Å². The van der Waals surface area contributed by atoms with E-state index in [4.69, 9.17) is 0 Å². The normalized spacial score (nSPS) is 25.8. The molecule has 1 aliphatic rings. The molecule has 1 amide bonds. The lowest BCUT2D eigenvalue weighted by Crippen LogP contribution is -2.56. The maximum atomic E-state index is 12.1. The molecule has 0 radical (unpaired) electrons. The average molecular weight is 223 g/mol. The van der Waals surface area contributed by atoms with Gasteiger partial charge >= 0.3 is 0 Å². The van der Waals surface area contributed by atoms with Crippen molar-refractivity contribution >= 4 is 5.91 Å². The van der Waals surface area contributed by atoms with E-state index in [2.05, 4.69) is 27.4 Å². The Morgan fingerprint density at radius 2 is 2.25 bits per heavy atom. The quantitative estimate of drug-likeness (QED) is 0.699. The first-order chi connectivity index (χ1) is 7.58. The van der Waals surface area contributed by atoms with E-state index in [1.165, 1.54) is 0 Å². The number of hydrogen-bond acceptors (Lipinski definition) is 4. The van der Waals surface area contributed by atoms with Gasteiger partial charge in [0.25, 0.3) is 5.91 Å². The molecular weight excluding hydrogens is 206 g/mol. The second-order valence-electron chi connectivity index (χ2n) is 4.36. The highest BCUT2D eigenvalue weighted by atomic mass is 16.2. The van der Waals surface area contributed by atoms with Crippen molar-refractivity contribution in [2.45, 2.75) is 32.9 Å². The third-order valence-corrected chi connectivity index (χ3v) is 2.81. The largest absolute Gasteiger partial charge is 0.330 e. The zero-order valence-electron chi connectivity index (χ0n) is 9.82. The molecule has 6 heteroatoms. The van der Waals surface area contributed by atoms with Crippen molar-refractivity contribution in [2.75, 3.05) is 13.1 Å². The fourth-order valence-corrected chi connectivity index (χ4v) is 1.87. The van der Waals surface area contributed by atoms with Crippen molar-refractivity contribution in [1.29, 1.82) is 0 Å². The van der Waals surface area contributed by atoms with E-state index in [0.29, 0.717) is 18.4 Å². The van der Waals surface area contributed by atoms with E-state index in [-0.39, 0.29) is 17.8 Å². The summed E-state index contributed by atoms with van der Waals surface area (Å²) in [7, 11) is 0. The topological polar surface area (TPSA) is 73.9 Å². The Kier molecular flexibility index (Phi) is 2.91. The maximum absolute atomic E-state index is 12.1. The van der Waals surface area contributed by atoms with Gasteiger partial charge in [0.1, 0.15) is 5.82 Å². The van der Waals surface area contributed by atoms with Crippen LogP contribution in [-0.4, -0.2) is 51.2 Å². The molecule has 2 unspecified atom stereocenters. The monoisotopic (exact) mass is 223 g/mol. The molecule has 1 saturated heterocycles. The Morgan fingerprint density at radius 3 is 2.88 bits per heavy atom. The molecular formula is C10H17N5O. The minimum Gasteiger partial charge on any atom is -0.330 e. The molecule has 6 nitrogen and oxygen atoms in total. The number of carbonyl (C=O) groups excluding carboxylic acids is 1. The summed E-state index contributed by atoms with van der Waals surface area (Å²) in [6.45, 7) is 7.39. The molecule has 1 aliphatic heterocycles. The van der Waals surface area contributed by atoms with Gasteiger partial charge in [0.05, 0.1) is 0 Å². The summed E-state index contributed by atoms with van der Waals surface area (Å²) in [6.07, 6.45) is 0. The molecule has 1 fully saturated rings. The summed E-state index contributed by atoms with van der Waals surface area (Å²) in [5.41, 5.74) is 0. The number of rotatable bonds is 1. The molecule has 88 valence electrons. The Hall–Kier alpha value is -1.43. The van der Waals surface area contributed by atoms with Crippen molar-refractivity contribution in [2.24, 2.45) is 0 Å². The minimum atomic E-state index is -0.0924. The van der Waals surface area contributed by atoms with Crippen molar-refractivity contribution in [3.63, 3.8) is 0 Å². The van der Waals surface area contributed by atoms with Gasteiger partial charge in [0, 0.05) is 25.2 Å². The Morgan fingerprint density at radius 1 is 1.50 bits per heavy atom. The standard InChI is InChI=1S/C10H17N5O/c1-6-5-15(7(2)4-11-6)10(16)9-12-8(3)13-14-9/h6-7,11H,4-5H2,1-3H3,(H,12,13,14). The first-order valence-corrected chi connectivity index (χ1v) is 5.51. The number of piperazine rings is 1. The fourth-order valence-electron chi connectivity index (χ4n) is 1.87. The van der Waals surface area contributed by atoms with E-state index >= 15 is 0 Å². The third kappa shape index (κ3) is 2.06. The number of nitrogens with zero attached hydrogens (tertiary/aromatic N) is 3. The summed E-state index contributed by atoms with van der Waals surface area (Å²) in [4.78, 5) is 18.0. The molecule has 2 atom stereocenters. The smallest absolute Gasteiger partial charge is 0.293 e. The molecule has 2 rings (SSSR count). The van der Waals surface area contributed by atoms with Crippen LogP contribution in [0.5, 0.6) is 0 Å². The molecule has 0 aliphatic carbocycles. The number of aromatic amines is 1. The lowest BCUT2D eigenvalue weighted by molar-refractivity contribution is 0.0604.